The van der Waals surface area contributed by atoms with Crippen molar-refractivity contribution in [3.63, 3.8) is 0 Å². The van der Waals surface area contributed by atoms with Gasteiger partial charge in [0.05, 0.1) is 5.41 Å². The average molecular weight is 296 g/mol. The summed E-state index contributed by atoms with van der Waals surface area (Å²) in [5.74, 6) is 0.0762. The lowest BCUT2D eigenvalue weighted by Crippen LogP contribution is -2.49. The molecule has 120 valence electrons. The first-order chi connectivity index (χ1) is 9.82. The van der Waals surface area contributed by atoms with E-state index in [0.717, 1.165) is 25.7 Å². The van der Waals surface area contributed by atoms with E-state index in [4.69, 9.17) is 4.84 Å². The van der Waals surface area contributed by atoms with E-state index in [9.17, 15) is 9.59 Å². The maximum Gasteiger partial charge on any atom is 0.330 e. The van der Waals surface area contributed by atoms with Gasteiger partial charge in [0.1, 0.15) is 0 Å². The van der Waals surface area contributed by atoms with Crippen LogP contribution in [0.4, 0.5) is 0 Å². The molecule has 0 spiro atoms. The summed E-state index contributed by atoms with van der Waals surface area (Å²) < 4.78 is 0. The molecule has 0 N–H and O–H groups in total. The fourth-order valence-electron chi connectivity index (χ4n) is 2.71. The average Bonchev–Trinajstić information content (AvgIpc) is 3.24. The van der Waals surface area contributed by atoms with Gasteiger partial charge in [-0.1, -0.05) is 6.92 Å². The van der Waals surface area contributed by atoms with E-state index in [-0.39, 0.29) is 11.9 Å². The first kappa shape index (κ1) is 16.3. The standard InChI is InChI=1S/C16H28N2O3/c1-5-14(19)18(12-6-7-12)13-8-10-17(11-9-13)21-15(20)16(2,3)4/h12-13H,5-11H2,1-4H3. The van der Waals surface area contributed by atoms with Crippen LogP contribution in [0.25, 0.3) is 0 Å². The van der Waals surface area contributed by atoms with Crippen molar-refractivity contribution >= 4 is 11.9 Å². The molecule has 1 saturated heterocycles. The van der Waals surface area contributed by atoms with Gasteiger partial charge < -0.3 is 9.74 Å². The largest absolute Gasteiger partial charge is 0.367 e. The van der Waals surface area contributed by atoms with Gasteiger partial charge >= 0.3 is 5.97 Å². The topological polar surface area (TPSA) is 49.9 Å². The molecule has 0 atom stereocenters. The Bertz CT molecular complexity index is 391. The Hall–Kier alpha value is -1.10. The molecule has 1 amide bonds. The highest BCUT2D eigenvalue weighted by molar-refractivity contribution is 5.77. The van der Waals surface area contributed by atoms with Crippen molar-refractivity contribution in [3.8, 4) is 0 Å². The maximum absolute atomic E-state index is 12.1. The Kier molecular flexibility index (Phi) is 4.91. The minimum absolute atomic E-state index is 0.190. The number of hydrogen-bond acceptors (Lipinski definition) is 4. The van der Waals surface area contributed by atoms with E-state index >= 15 is 0 Å². The van der Waals surface area contributed by atoms with Crippen LogP contribution in [0.1, 0.15) is 59.8 Å². The second-order valence-electron chi connectivity index (χ2n) is 7.17. The molecule has 0 unspecified atom stereocenters. The number of nitrogens with zero attached hydrogens (tertiary/aromatic N) is 2. The van der Waals surface area contributed by atoms with Crippen molar-refractivity contribution in [1.29, 1.82) is 0 Å². The molecule has 1 aliphatic carbocycles. The van der Waals surface area contributed by atoms with Gasteiger partial charge in [0, 0.05) is 31.6 Å². The summed E-state index contributed by atoms with van der Waals surface area (Å²) in [4.78, 5) is 31.5. The third-order valence-corrected chi connectivity index (χ3v) is 4.17. The van der Waals surface area contributed by atoms with E-state index < -0.39 is 5.41 Å². The highest BCUT2D eigenvalue weighted by Gasteiger charge is 2.38. The molecular formula is C16H28N2O3. The number of amides is 1. The van der Waals surface area contributed by atoms with Crippen LogP contribution < -0.4 is 0 Å². The lowest BCUT2D eigenvalue weighted by atomic mass is 9.97. The third-order valence-electron chi connectivity index (χ3n) is 4.17. The molecule has 0 aromatic rings. The molecule has 1 heterocycles. The number of rotatable bonds is 4. The van der Waals surface area contributed by atoms with Crippen molar-refractivity contribution in [2.75, 3.05) is 13.1 Å². The number of carbonyl (C=O) groups excluding carboxylic acids is 2. The van der Waals surface area contributed by atoms with E-state index in [1.807, 2.05) is 27.7 Å². The lowest BCUT2D eigenvalue weighted by molar-refractivity contribution is -0.206. The van der Waals surface area contributed by atoms with Gasteiger partial charge in [-0.15, -0.1) is 5.06 Å². The normalized spacial score (nSPS) is 21.1. The van der Waals surface area contributed by atoms with Gasteiger partial charge in [0.15, 0.2) is 0 Å². The summed E-state index contributed by atoms with van der Waals surface area (Å²) in [5, 5.41) is 1.76. The van der Waals surface area contributed by atoms with Crippen molar-refractivity contribution in [2.24, 2.45) is 5.41 Å². The fraction of sp³-hybridized carbons (Fsp3) is 0.875. The van der Waals surface area contributed by atoms with E-state index in [1.54, 1.807) is 5.06 Å². The molecule has 2 rings (SSSR count). The summed E-state index contributed by atoms with van der Waals surface area (Å²) in [6.45, 7) is 8.93. The van der Waals surface area contributed by atoms with Gasteiger partial charge in [0.25, 0.3) is 0 Å². The highest BCUT2D eigenvalue weighted by atomic mass is 16.7. The van der Waals surface area contributed by atoms with Crippen molar-refractivity contribution < 1.29 is 14.4 Å². The summed E-state index contributed by atoms with van der Waals surface area (Å²) >= 11 is 0. The Morgan fingerprint density at radius 2 is 1.62 bits per heavy atom. The Balaban J connectivity index is 1.85. The van der Waals surface area contributed by atoms with E-state index in [2.05, 4.69) is 4.90 Å². The minimum atomic E-state index is -0.477. The van der Waals surface area contributed by atoms with Gasteiger partial charge in [-0.3, -0.25) is 4.79 Å². The van der Waals surface area contributed by atoms with Crippen molar-refractivity contribution in [2.45, 2.75) is 71.9 Å². The molecule has 21 heavy (non-hydrogen) atoms. The maximum atomic E-state index is 12.1. The minimum Gasteiger partial charge on any atom is -0.367 e. The summed E-state index contributed by atoms with van der Waals surface area (Å²) in [7, 11) is 0. The van der Waals surface area contributed by atoms with Crippen LogP contribution in [0.15, 0.2) is 0 Å². The van der Waals surface area contributed by atoms with Crippen LogP contribution in [0, 0.1) is 5.41 Å². The second-order valence-corrected chi connectivity index (χ2v) is 7.17. The van der Waals surface area contributed by atoms with Crippen LogP contribution >= 0.6 is 0 Å². The molecule has 0 bridgehead atoms. The SMILES string of the molecule is CCC(=O)N(C1CC1)C1CCN(OC(=O)C(C)(C)C)CC1. The molecule has 0 radical (unpaired) electrons. The molecule has 2 fully saturated rings. The Labute approximate surface area is 127 Å². The molecule has 0 aromatic heterocycles. The van der Waals surface area contributed by atoms with Gasteiger partial charge in [0.2, 0.25) is 5.91 Å². The molecule has 0 aromatic carbocycles. The summed E-state index contributed by atoms with van der Waals surface area (Å²) in [6.07, 6.45) is 4.64. The zero-order valence-electron chi connectivity index (χ0n) is 13.7. The molecule has 5 heteroatoms. The summed E-state index contributed by atoms with van der Waals surface area (Å²) in [5.41, 5.74) is -0.477. The summed E-state index contributed by atoms with van der Waals surface area (Å²) in [6, 6.07) is 0.778. The lowest BCUT2D eigenvalue weighted by Gasteiger charge is -2.38. The Morgan fingerprint density at radius 1 is 1.10 bits per heavy atom. The van der Waals surface area contributed by atoms with Crippen LogP contribution in [0.3, 0.4) is 0 Å². The fourth-order valence-corrected chi connectivity index (χ4v) is 2.71. The van der Waals surface area contributed by atoms with Gasteiger partial charge in [-0.25, -0.2) is 4.79 Å². The highest BCUT2D eigenvalue weighted by Crippen LogP contribution is 2.32. The van der Waals surface area contributed by atoms with Gasteiger partial charge in [-0.05, 0) is 46.5 Å². The number of hydrogen-bond donors (Lipinski definition) is 0. The number of hydroxylamine groups is 2. The van der Waals surface area contributed by atoms with Crippen LogP contribution in [-0.2, 0) is 14.4 Å². The van der Waals surface area contributed by atoms with E-state index in [1.165, 1.54) is 0 Å². The zero-order valence-corrected chi connectivity index (χ0v) is 13.7. The molecule has 1 saturated carbocycles. The molecular weight excluding hydrogens is 268 g/mol. The first-order valence-electron chi connectivity index (χ1n) is 8.11. The molecule has 2 aliphatic rings. The predicted octanol–water partition coefficient (Wildman–Crippen LogP) is 2.36. The van der Waals surface area contributed by atoms with Crippen LogP contribution in [0.5, 0.6) is 0 Å². The van der Waals surface area contributed by atoms with Crippen molar-refractivity contribution in [1.82, 2.24) is 9.96 Å². The second kappa shape index (κ2) is 6.34. The van der Waals surface area contributed by atoms with Crippen LogP contribution in [-0.4, -0.2) is 47.0 Å². The molecule has 5 nitrogen and oxygen atoms in total. The smallest absolute Gasteiger partial charge is 0.330 e. The first-order valence-corrected chi connectivity index (χ1v) is 8.11. The van der Waals surface area contributed by atoms with E-state index in [0.29, 0.717) is 31.6 Å². The third kappa shape index (κ3) is 4.19. The predicted molar refractivity (Wildman–Crippen MR) is 80.3 cm³/mol. The number of piperidine rings is 1. The van der Waals surface area contributed by atoms with Crippen molar-refractivity contribution in [3.05, 3.63) is 0 Å². The Morgan fingerprint density at radius 3 is 2.05 bits per heavy atom. The van der Waals surface area contributed by atoms with Crippen LogP contribution in [0.2, 0.25) is 0 Å². The quantitative estimate of drug-likeness (QED) is 0.799. The van der Waals surface area contributed by atoms with Gasteiger partial charge in [-0.2, -0.15) is 0 Å². The number of carbonyl (C=O) groups is 2. The zero-order chi connectivity index (χ0) is 15.6. The monoisotopic (exact) mass is 296 g/mol. The molecule has 1 aliphatic heterocycles.